The first-order chi connectivity index (χ1) is 10.6. The minimum Gasteiger partial charge on any atom is -0.481 e. The number of carboxylic acid groups (broad SMARTS) is 1. The monoisotopic (exact) mass is 309 g/mol. The van der Waals surface area contributed by atoms with Crippen LogP contribution in [0.1, 0.15) is 38.2 Å². The third-order valence-corrected chi connectivity index (χ3v) is 2.88. The average molecular weight is 309 g/mol. The summed E-state index contributed by atoms with van der Waals surface area (Å²) in [7, 11) is 0. The van der Waals surface area contributed by atoms with Gasteiger partial charge in [0, 0.05) is 31.3 Å². The van der Waals surface area contributed by atoms with Crippen molar-refractivity contribution in [3.63, 3.8) is 0 Å². The van der Waals surface area contributed by atoms with Crippen molar-refractivity contribution in [2.45, 2.75) is 39.2 Å². The van der Waals surface area contributed by atoms with Crippen molar-refractivity contribution in [3.05, 3.63) is 23.9 Å². The smallest absolute Gasteiger partial charge is 0.315 e. The van der Waals surface area contributed by atoms with Crippen molar-refractivity contribution >= 4 is 12.0 Å². The van der Waals surface area contributed by atoms with Crippen LogP contribution in [0.5, 0.6) is 5.88 Å². The molecule has 1 aromatic heterocycles. The van der Waals surface area contributed by atoms with E-state index in [4.69, 9.17) is 9.84 Å². The molecule has 0 aliphatic rings. The van der Waals surface area contributed by atoms with E-state index in [0.717, 1.165) is 18.4 Å². The number of nitrogens with zero attached hydrogens (tertiary/aromatic N) is 1. The Hall–Kier alpha value is -2.31. The van der Waals surface area contributed by atoms with Crippen LogP contribution in [0.4, 0.5) is 4.79 Å². The van der Waals surface area contributed by atoms with Crippen LogP contribution in [0.3, 0.4) is 0 Å². The van der Waals surface area contributed by atoms with Crippen LogP contribution in [-0.4, -0.2) is 35.2 Å². The highest BCUT2D eigenvalue weighted by molar-refractivity contribution is 5.74. The third-order valence-electron chi connectivity index (χ3n) is 2.88. The molecule has 0 bridgehead atoms. The Kier molecular flexibility index (Phi) is 8.40. The Morgan fingerprint density at radius 3 is 2.86 bits per heavy atom. The molecule has 0 saturated carbocycles. The van der Waals surface area contributed by atoms with Crippen molar-refractivity contribution in [1.82, 2.24) is 15.6 Å². The van der Waals surface area contributed by atoms with E-state index in [2.05, 4.69) is 22.5 Å². The molecule has 22 heavy (non-hydrogen) atoms. The van der Waals surface area contributed by atoms with Crippen molar-refractivity contribution in [2.75, 3.05) is 13.2 Å². The maximum absolute atomic E-state index is 11.6. The second kappa shape index (κ2) is 10.4. The van der Waals surface area contributed by atoms with E-state index < -0.39 is 5.97 Å². The van der Waals surface area contributed by atoms with Gasteiger partial charge in [-0.1, -0.05) is 19.4 Å². The van der Waals surface area contributed by atoms with Crippen LogP contribution >= 0.6 is 0 Å². The number of rotatable bonds is 10. The van der Waals surface area contributed by atoms with E-state index in [1.54, 1.807) is 12.3 Å². The van der Waals surface area contributed by atoms with Gasteiger partial charge in [0.1, 0.15) is 0 Å². The fourth-order valence-electron chi connectivity index (χ4n) is 1.68. The van der Waals surface area contributed by atoms with Crippen LogP contribution in [-0.2, 0) is 11.3 Å². The van der Waals surface area contributed by atoms with E-state index in [1.165, 1.54) is 0 Å². The molecule has 7 nitrogen and oxygen atoms in total. The summed E-state index contributed by atoms with van der Waals surface area (Å²) in [4.78, 5) is 26.1. The number of aromatic nitrogens is 1. The number of urea groups is 1. The zero-order valence-electron chi connectivity index (χ0n) is 12.8. The molecule has 0 spiro atoms. The average Bonchev–Trinajstić information content (AvgIpc) is 2.50. The van der Waals surface area contributed by atoms with E-state index >= 15 is 0 Å². The second-order valence-corrected chi connectivity index (χ2v) is 4.78. The topological polar surface area (TPSA) is 101 Å². The lowest BCUT2D eigenvalue weighted by molar-refractivity contribution is -0.137. The van der Waals surface area contributed by atoms with Crippen molar-refractivity contribution < 1.29 is 19.4 Å². The van der Waals surface area contributed by atoms with E-state index in [-0.39, 0.29) is 12.5 Å². The molecule has 0 radical (unpaired) electrons. The molecule has 0 aliphatic carbocycles. The van der Waals surface area contributed by atoms with Gasteiger partial charge in [0.15, 0.2) is 0 Å². The van der Waals surface area contributed by atoms with Gasteiger partial charge in [-0.3, -0.25) is 4.79 Å². The Morgan fingerprint density at radius 2 is 2.14 bits per heavy atom. The Morgan fingerprint density at radius 1 is 1.32 bits per heavy atom. The zero-order valence-corrected chi connectivity index (χ0v) is 12.8. The highest BCUT2D eigenvalue weighted by atomic mass is 16.5. The van der Waals surface area contributed by atoms with Crippen LogP contribution in [0.2, 0.25) is 0 Å². The number of carbonyl (C=O) groups excluding carboxylic acids is 1. The maximum Gasteiger partial charge on any atom is 0.315 e. The maximum atomic E-state index is 11.6. The predicted molar refractivity (Wildman–Crippen MR) is 81.7 cm³/mol. The summed E-state index contributed by atoms with van der Waals surface area (Å²) >= 11 is 0. The van der Waals surface area contributed by atoms with Crippen LogP contribution in [0, 0.1) is 0 Å². The second-order valence-electron chi connectivity index (χ2n) is 4.78. The number of hydrogen-bond donors (Lipinski definition) is 3. The van der Waals surface area contributed by atoms with Crippen molar-refractivity contribution in [2.24, 2.45) is 0 Å². The number of aliphatic carboxylic acids is 1. The molecular weight excluding hydrogens is 286 g/mol. The molecule has 0 atom stereocenters. The van der Waals surface area contributed by atoms with Gasteiger partial charge in [0.05, 0.1) is 6.61 Å². The predicted octanol–water partition coefficient (Wildman–Crippen LogP) is 1.92. The highest BCUT2D eigenvalue weighted by Crippen LogP contribution is 2.14. The summed E-state index contributed by atoms with van der Waals surface area (Å²) in [6, 6.07) is 3.29. The lowest BCUT2D eigenvalue weighted by atomic mass is 10.2. The molecule has 122 valence electrons. The molecule has 2 amide bonds. The summed E-state index contributed by atoms with van der Waals surface area (Å²) < 4.78 is 5.59. The van der Waals surface area contributed by atoms with Gasteiger partial charge in [-0.15, -0.1) is 0 Å². The van der Waals surface area contributed by atoms with Gasteiger partial charge < -0.3 is 20.5 Å². The van der Waals surface area contributed by atoms with E-state index in [9.17, 15) is 9.59 Å². The fourth-order valence-corrected chi connectivity index (χ4v) is 1.68. The summed E-state index contributed by atoms with van der Waals surface area (Å²) in [5.74, 6) is -0.339. The molecular formula is C15H23N3O4. The number of amides is 2. The Bertz CT molecular complexity index is 480. The van der Waals surface area contributed by atoms with Crippen molar-refractivity contribution in [1.29, 1.82) is 0 Å². The fraction of sp³-hybridized carbons (Fsp3) is 0.533. The zero-order chi connectivity index (χ0) is 16.2. The number of carboxylic acids is 1. The summed E-state index contributed by atoms with van der Waals surface area (Å²) in [6.45, 7) is 3.31. The molecule has 0 fully saturated rings. The van der Waals surface area contributed by atoms with Gasteiger partial charge in [-0.05, 0) is 18.9 Å². The SMILES string of the molecule is CCCCOc1ncccc1CNC(=O)NCCCC(=O)O. The van der Waals surface area contributed by atoms with Gasteiger partial charge in [-0.25, -0.2) is 9.78 Å². The first-order valence-corrected chi connectivity index (χ1v) is 7.43. The lowest BCUT2D eigenvalue weighted by Gasteiger charge is -2.11. The number of unbranched alkanes of at least 4 members (excludes halogenated alkanes) is 1. The van der Waals surface area contributed by atoms with Gasteiger partial charge in [0.2, 0.25) is 5.88 Å². The van der Waals surface area contributed by atoms with Gasteiger partial charge in [-0.2, -0.15) is 0 Å². The minimum atomic E-state index is -0.869. The normalized spacial score (nSPS) is 10.0. The molecule has 0 aliphatic heterocycles. The first-order valence-electron chi connectivity index (χ1n) is 7.43. The first kappa shape index (κ1) is 17.7. The van der Waals surface area contributed by atoms with Gasteiger partial charge >= 0.3 is 12.0 Å². The van der Waals surface area contributed by atoms with E-state index in [0.29, 0.717) is 32.0 Å². The highest BCUT2D eigenvalue weighted by Gasteiger charge is 2.07. The molecule has 0 unspecified atom stereocenters. The Balaban J connectivity index is 2.33. The van der Waals surface area contributed by atoms with Crippen LogP contribution in [0.25, 0.3) is 0 Å². The number of nitrogens with one attached hydrogen (secondary N) is 2. The summed E-state index contributed by atoms with van der Waals surface area (Å²) in [5.41, 5.74) is 0.805. The molecule has 1 rings (SSSR count). The van der Waals surface area contributed by atoms with Crippen molar-refractivity contribution in [3.8, 4) is 5.88 Å². The van der Waals surface area contributed by atoms with E-state index in [1.807, 2.05) is 6.07 Å². The minimum absolute atomic E-state index is 0.0400. The molecule has 0 aromatic carbocycles. The molecule has 1 heterocycles. The number of ether oxygens (including phenoxy) is 1. The number of hydrogen-bond acceptors (Lipinski definition) is 4. The summed E-state index contributed by atoms with van der Waals surface area (Å²) in [6.07, 6.45) is 4.09. The largest absolute Gasteiger partial charge is 0.481 e. The Labute approximate surface area is 130 Å². The molecule has 0 saturated heterocycles. The standard InChI is InChI=1S/C15H23N3O4/c1-2-3-10-22-14-12(6-4-8-16-14)11-18-15(21)17-9-5-7-13(19)20/h4,6,8H,2-3,5,7,9-11H2,1H3,(H,19,20)(H2,17,18,21). The number of pyridine rings is 1. The third kappa shape index (κ3) is 7.47. The lowest BCUT2D eigenvalue weighted by Crippen LogP contribution is -2.35. The summed E-state index contributed by atoms with van der Waals surface area (Å²) in [5, 5.41) is 13.8. The molecule has 3 N–H and O–H groups in total. The molecule has 1 aromatic rings. The molecule has 7 heteroatoms. The number of carbonyl (C=O) groups is 2. The van der Waals surface area contributed by atoms with Crippen LogP contribution in [0.15, 0.2) is 18.3 Å². The quantitative estimate of drug-likeness (QED) is 0.573. The van der Waals surface area contributed by atoms with Crippen LogP contribution < -0.4 is 15.4 Å². The van der Waals surface area contributed by atoms with Gasteiger partial charge in [0.25, 0.3) is 0 Å².